The molecule has 0 radical (unpaired) electrons. The van der Waals surface area contributed by atoms with Crippen molar-refractivity contribution in [3.8, 4) is 5.75 Å². The molecule has 0 bridgehead atoms. The minimum Gasteiger partial charge on any atom is -0.490 e. The van der Waals surface area contributed by atoms with Gasteiger partial charge >= 0.3 is 5.97 Å². The number of nitrogens with two attached hydrogens (primary N) is 1. The lowest BCUT2D eigenvalue weighted by Gasteiger charge is -2.19. The molecule has 5 nitrogen and oxygen atoms in total. The molecule has 2 rings (SSSR count). The molecule has 1 aliphatic heterocycles. The Hall–Kier alpha value is -1.75. The van der Waals surface area contributed by atoms with Crippen LogP contribution in [0, 0.1) is 0 Å². The number of carboxylic acids is 1. The molecule has 5 heteroatoms. The Balaban J connectivity index is 2.02. The van der Waals surface area contributed by atoms with Gasteiger partial charge in [-0.3, -0.25) is 0 Å². The Morgan fingerprint density at radius 3 is 2.89 bits per heavy atom. The Morgan fingerprint density at radius 1 is 1.58 bits per heavy atom. The minimum atomic E-state index is -1.05. The molecule has 1 saturated heterocycles. The molecule has 1 aliphatic rings. The highest BCUT2D eigenvalue weighted by molar-refractivity contribution is 5.92. The first-order valence-electron chi connectivity index (χ1n) is 6.31. The molecule has 104 valence electrons. The molecular formula is C14H19NO4. The van der Waals surface area contributed by atoms with Gasteiger partial charge < -0.3 is 20.3 Å². The van der Waals surface area contributed by atoms with Gasteiger partial charge in [0.15, 0.2) is 0 Å². The van der Waals surface area contributed by atoms with Crippen LogP contribution in [0.5, 0.6) is 5.75 Å². The fourth-order valence-electron chi connectivity index (χ4n) is 2.22. The lowest BCUT2D eigenvalue weighted by atomic mass is 10.1. The topological polar surface area (TPSA) is 81.8 Å². The van der Waals surface area contributed by atoms with Crippen molar-refractivity contribution in [1.29, 1.82) is 0 Å². The first-order chi connectivity index (χ1) is 8.87. The van der Waals surface area contributed by atoms with Crippen LogP contribution in [-0.4, -0.2) is 29.4 Å². The number of hydrogen-bond acceptors (Lipinski definition) is 4. The van der Waals surface area contributed by atoms with Crippen molar-refractivity contribution in [2.24, 2.45) is 0 Å². The van der Waals surface area contributed by atoms with Crippen LogP contribution in [0.2, 0.25) is 0 Å². The molecule has 0 aliphatic carbocycles. The van der Waals surface area contributed by atoms with Crippen molar-refractivity contribution < 1.29 is 19.4 Å². The fraction of sp³-hybridized carbons (Fsp3) is 0.500. The smallest absolute Gasteiger partial charge is 0.339 e. The number of rotatable bonds is 4. The molecule has 1 atom stereocenters. The van der Waals surface area contributed by atoms with Crippen LogP contribution >= 0.6 is 0 Å². The molecule has 1 heterocycles. The van der Waals surface area contributed by atoms with Crippen molar-refractivity contribution in [1.82, 2.24) is 0 Å². The predicted molar refractivity (Wildman–Crippen MR) is 71.5 cm³/mol. The summed E-state index contributed by atoms with van der Waals surface area (Å²) in [6, 6.07) is 4.61. The monoisotopic (exact) mass is 265 g/mol. The normalized spacial score (nSPS) is 21.3. The average molecular weight is 265 g/mol. The summed E-state index contributed by atoms with van der Waals surface area (Å²) in [5.74, 6) is -0.718. The van der Waals surface area contributed by atoms with E-state index in [1.54, 1.807) is 12.1 Å². The largest absolute Gasteiger partial charge is 0.490 e. The number of aromatic carboxylic acids is 1. The Bertz CT molecular complexity index is 484. The summed E-state index contributed by atoms with van der Waals surface area (Å²) in [6.07, 6.45) is 1.91. The van der Waals surface area contributed by atoms with Gasteiger partial charge in [-0.2, -0.15) is 0 Å². The summed E-state index contributed by atoms with van der Waals surface area (Å²) >= 11 is 0. The second kappa shape index (κ2) is 5.09. The highest BCUT2D eigenvalue weighted by Gasteiger charge is 2.32. The molecule has 19 heavy (non-hydrogen) atoms. The van der Waals surface area contributed by atoms with E-state index >= 15 is 0 Å². The van der Waals surface area contributed by atoms with Crippen molar-refractivity contribution >= 4 is 11.7 Å². The van der Waals surface area contributed by atoms with E-state index in [9.17, 15) is 4.79 Å². The van der Waals surface area contributed by atoms with Crippen molar-refractivity contribution in [2.45, 2.75) is 38.4 Å². The standard InChI is InChI=1S/C14H19NO4/c1-14(2)6-5-10(19-14)8-18-12-4-3-9(15)7-11(12)13(16)17/h3-4,7,10H,5-6,8,15H2,1-2H3,(H,16,17). The third-order valence-electron chi connectivity index (χ3n) is 3.21. The van der Waals surface area contributed by atoms with Gasteiger partial charge in [-0.25, -0.2) is 4.79 Å². The average Bonchev–Trinajstić information content (AvgIpc) is 2.67. The van der Waals surface area contributed by atoms with Crippen LogP contribution < -0.4 is 10.5 Å². The maximum absolute atomic E-state index is 11.1. The second-order valence-electron chi connectivity index (χ2n) is 5.41. The first kappa shape index (κ1) is 13.7. The van der Waals surface area contributed by atoms with Crippen LogP contribution in [0.4, 0.5) is 5.69 Å². The molecule has 1 fully saturated rings. The van der Waals surface area contributed by atoms with Crippen LogP contribution in [0.25, 0.3) is 0 Å². The maximum Gasteiger partial charge on any atom is 0.339 e. The fourth-order valence-corrected chi connectivity index (χ4v) is 2.22. The zero-order valence-corrected chi connectivity index (χ0v) is 11.2. The maximum atomic E-state index is 11.1. The Kier molecular flexibility index (Phi) is 3.66. The zero-order valence-electron chi connectivity index (χ0n) is 11.2. The second-order valence-corrected chi connectivity index (χ2v) is 5.41. The summed E-state index contributed by atoms with van der Waals surface area (Å²) in [5.41, 5.74) is 5.94. The van der Waals surface area contributed by atoms with Gasteiger partial charge in [0.1, 0.15) is 17.9 Å². The van der Waals surface area contributed by atoms with E-state index in [0.29, 0.717) is 18.0 Å². The number of carbonyl (C=O) groups is 1. The number of benzene rings is 1. The summed E-state index contributed by atoms with van der Waals surface area (Å²) in [4.78, 5) is 11.1. The third kappa shape index (κ3) is 3.38. The first-order valence-corrected chi connectivity index (χ1v) is 6.31. The molecule has 0 saturated carbocycles. The van der Waals surface area contributed by atoms with Gasteiger partial charge in [-0.1, -0.05) is 0 Å². The van der Waals surface area contributed by atoms with Crippen molar-refractivity contribution in [3.05, 3.63) is 23.8 Å². The van der Waals surface area contributed by atoms with Gasteiger partial charge in [-0.05, 0) is 44.9 Å². The van der Waals surface area contributed by atoms with Crippen molar-refractivity contribution in [2.75, 3.05) is 12.3 Å². The van der Waals surface area contributed by atoms with E-state index in [2.05, 4.69) is 0 Å². The Morgan fingerprint density at radius 2 is 2.32 bits per heavy atom. The lowest BCUT2D eigenvalue weighted by Crippen LogP contribution is -2.24. The van der Waals surface area contributed by atoms with Crippen molar-refractivity contribution in [3.63, 3.8) is 0 Å². The molecule has 3 N–H and O–H groups in total. The highest BCUT2D eigenvalue weighted by Crippen LogP contribution is 2.30. The molecule has 0 spiro atoms. The number of carboxylic acid groups (broad SMARTS) is 1. The number of hydrogen-bond donors (Lipinski definition) is 2. The van der Waals surface area contributed by atoms with E-state index in [-0.39, 0.29) is 17.3 Å². The summed E-state index contributed by atoms with van der Waals surface area (Å²) < 4.78 is 11.4. The van der Waals surface area contributed by atoms with Gasteiger partial charge in [0.2, 0.25) is 0 Å². The third-order valence-corrected chi connectivity index (χ3v) is 3.21. The molecule has 1 aromatic carbocycles. The van der Waals surface area contributed by atoms with Gasteiger partial charge in [0, 0.05) is 5.69 Å². The van der Waals surface area contributed by atoms with E-state index in [1.807, 2.05) is 13.8 Å². The number of ether oxygens (including phenoxy) is 2. The van der Waals surface area contributed by atoms with Crippen LogP contribution in [0.1, 0.15) is 37.0 Å². The molecule has 1 aromatic rings. The zero-order chi connectivity index (χ0) is 14.0. The molecule has 0 aromatic heterocycles. The van der Waals surface area contributed by atoms with E-state index < -0.39 is 5.97 Å². The van der Waals surface area contributed by atoms with Gasteiger partial charge in [0.25, 0.3) is 0 Å². The number of nitrogen functional groups attached to an aromatic ring is 1. The van der Waals surface area contributed by atoms with Gasteiger partial charge in [0.05, 0.1) is 11.7 Å². The Labute approximate surface area is 112 Å². The highest BCUT2D eigenvalue weighted by atomic mass is 16.6. The van der Waals surface area contributed by atoms with E-state index in [4.69, 9.17) is 20.3 Å². The SMILES string of the molecule is CC1(C)CCC(COc2ccc(N)cc2C(=O)O)O1. The van der Waals surface area contributed by atoms with Gasteiger partial charge in [-0.15, -0.1) is 0 Å². The number of anilines is 1. The quantitative estimate of drug-likeness (QED) is 0.816. The van der Waals surface area contributed by atoms with Crippen LogP contribution in [-0.2, 0) is 4.74 Å². The van der Waals surface area contributed by atoms with E-state index in [0.717, 1.165) is 12.8 Å². The van der Waals surface area contributed by atoms with Crippen LogP contribution in [0.15, 0.2) is 18.2 Å². The van der Waals surface area contributed by atoms with E-state index in [1.165, 1.54) is 6.07 Å². The summed E-state index contributed by atoms with van der Waals surface area (Å²) in [5, 5.41) is 9.10. The predicted octanol–water partition coefficient (Wildman–Crippen LogP) is 2.30. The molecular weight excluding hydrogens is 246 g/mol. The minimum absolute atomic E-state index is 0.00852. The summed E-state index contributed by atoms with van der Waals surface area (Å²) in [6.45, 7) is 4.44. The molecule has 1 unspecified atom stereocenters. The molecule has 0 amide bonds. The lowest BCUT2D eigenvalue weighted by molar-refractivity contribution is -0.0328. The summed E-state index contributed by atoms with van der Waals surface area (Å²) in [7, 11) is 0. The van der Waals surface area contributed by atoms with Crippen LogP contribution in [0.3, 0.4) is 0 Å².